The molecule has 0 fully saturated rings. The standard InChI is InChI=1S/C16H14FNOS/c1-10(19)11-6-7-15(13(17)8-11)20-16-9-12-4-2-3-5-14(12)18-16/h2-10,18-19H,1H3/t10-/m1/s1. The Kier molecular flexibility index (Phi) is 3.51. The van der Waals surface area contributed by atoms with Crippen LogP contribution < -0.4 is 0 Å². The van der Waals surface area contributed by atoms with Crippen molar-refractivity contribution in [2.75, 3.05) is 0 Å². The minimum absolute atomic E-state index is 0.313. The van der Waals surface area contributed by atoms with Crippen molar-refractivity contribution >= 4 is 22.7 Å². The van der Waals surface area contributed by atoms with Gasteiger partial charge in [0.2, 0.25) is 0 Å². The van der Waals surface area contributed by atoms with Crippen molar-refractivity contribution < 1.29 is 9.50 Å². The highest BCUT2D eigenvalue weighted by Gasteiger charge is 2.09. The fourth-order valence-electron chi connectivity index (χ4n) is 2.08. The minimum atomic E-state index is -0.656. The van der Waals surface area contributed by atoms with Crippen molar-refractivity contribution in [3.8, 4) is 0 Å². The first kappa shape index (κ1) is 13.2. The Morgan fingerprint density at radius 3 is 2.65 bits per heavy atom. The molecule has 0 bridgehead atoms. The normalized spacial score (nSPS) is 12.8. The summed E-state index contributed by atoms with van der Waals surface area (Å²) < 4.78 is 14.0. The summed E-state index contributed by atoms with van der Waals surface area (Å²) in [6.07, 6.45) is -0.656. The van der Waals surface area contributed by atoms with E-state index in [1.54, 1.807) is 19.1 Å². The maximum absolute atomic E-state index is 14.0. The Balaban J connectivity index is 1.90. The molecule has 0 saturated carbocycles. The molecule has 0 aliphatic heterocycles. The van der Waals surface area contributed by atoms with Gasteiger partial charge in [0, 0.05) is 15.8 Å². The topological polar surface area (TPSA) is 36.0 Å². The summed E-state index contributed by atoms with van der Waals surface area (Å²) >= 11 is 1.35. The summed E-state index contributed by atoms with van der Waals surface area (Å²) in [6, 6.07) is 14.8. The average molecular weight is 287 g/mol. The number of nitrogens with one attached hydrogen (secondary N) is 1. The van der Waals surface area contributed by atoms with Crippen molar-refractivity contribution in [2.24, 2.45) is 0 Å². The first-order valence-corrected chi connectivity index (χ1v) is 7.18. The number of hydrogen-bond donors (Lipinski definition) is 2. The smallest absolute Gasteiger partial charge is 0.137 e. The molecule has 4 heteroatoms. The highest BCUT2D eigenvalue weighted by molar-refractivity contribution is 7.99. The summed E-state index contributed by atoms with van der Waals surface area (Å²) in [5.74, 6) is -0.313. The van der Waals surface area contributed by atoms with E-state index in [4.69, 9.17) is 0 Å². The van der Waals surface area contributed by atoms with E-state index >= 15 is 0 Å². The fourth-order valence-corrected chi connectivity index (χ4v) is 2.96. The molecule has 102 valence electrons. The third-order valence-electron chi connectivity index (χ3n) is 3.16. The predicted molar refractivity (Wildman–Crippen MR) is 79.5 cm³/mol. The van der Waals surface area contributed by atoms with Crippen LogP contribution in [-0.4, -0.2) is 10.1 Å². The Labute approximate surface area is 120 Å². The molecule has 1 aromatic heterocycles. The van der Waals surface area contributed by atoms with Crippen molar-refractivity contribution in [3.63, 3.8) is 0 Å². The lowest BCUT2D eigenvalue weighted by atomic mass is 10.1. The van der Waals surface area contributed by atoms with Gasteiger partial charge in [0.05, 0.1) is 11.1 Å². The first-order chi connectivity index (χ1) is 9.63. The molecule has 0 radical (unpaired) electrons. The van der Waals surface area contributed by atoms with Crippen molar-refractivity contribution in [2.45, 2.75) is 22.9 Å². The third kappa shape index (κ3) is 2.57. The van der Waals surface area contributed by atoms with E-state index in [1.165, 1.54) is 17.8 Å². The second-order valence-corrected chi connectivity index (χ2v) is 5.77. The highest BCUT2D eigenvalue weighted by Crippen LogP contribution is 2.32. The molecule has 3 rings (SSSR count). The van der Waals surface area contributed by atoms with Gasteiger partial charge in [-0.15, -0.1) is 0 Å². The summed E-state index contributed by atoms with van der Waals surface area (Å²) in [5.41, 5.74) is 1.62. The number of aliphatic hydroxyl groups excluding tert-OH is 1. The Morgan fingerprint density at radius 1 is 1.15 bits per heavy atom. The van der Waals surface area contributed by atoms with E-state index < -0.39 is 6.10 Å². The third-order valence-corrected chi connectivity index (χ3v) is 4.15. The molecule has 20 heavy (non-hydrogen) atoms. The lowest BCUT2D eigenvalue weighted by Gasteiger charge is -2.07. The quantitative estimate of drug-likeness (QED) is 0.743. The molecule has 3 aromatic rings. The Hall–Kier alpha value is -1.78. The molecule has 1 atom stereocenters. The molecule has 2 N–H and O–H groups in total. The number of aromatic amines is 1. The van der Waals surface area contributed by atoms with Gasteiger partial charge in [0.1, 0.15) is 5.82 Å². The van der Waals surface area contributed by atoms with E-state index in [1.807, 2.05) is 30.3 Å². The zero-order chi connectivity index (χ0) is 14.1. The molecule has 0 amide bonds. The number of benzene rings is 2. The Morgan fingerprint density at radius 2 is 1.95 bits per heavy atom. The summed E-state index contributed by atoms with van der Waals surface area (Å²) in [5, 5.41) is 11.4. The second-order valence-electron chi connectivity index (χ2n) is 4.69. The van der Waals surface area contributed by atoms with Crippen LogP contribution >= 0.6 is 11.8 Å². The van der Waals surface area contributed by atoms with Gasteiger partial charge >= 0.3 is 0 Å². The number of rotatable bonds is 3. The molecule has 0 saturated heterocycles. The van der Waals surface area contributed by atoms with E-state index in [0.717, 1.165) is 15.9 Å². The minimum Gasteiger partial charge on any atom is -0.389 e. The molecule has 0 unspecified atom stereocenters. The molecular formula is C16H14FNOS. The number of H-pyrrole nitrogens is 1. The SMILES string of the molecule is C[C@@H](O)c1ccc(Sc2cc3ccccc3[nH]2)c(F)c1. The lowest BCUT2D eigenvalue weighted by Crippen LogP contribution is -1.92. The second kappa shape index (κ2) is 5.31. The van der Waals surface area contributed by atoms with Gasteiger partial charge in [-0.25, -0.2) is 4.39 Å². The lowest BCUT2D eigenvalue weighted by molar-refractivity contribution is 0.198. The van der Waals surface area contributed by atoms with Gasteiger partial charge in [-0.05, 0) is 36.8 Å². The maximum Gasteiger partial charge on any atom is 0.137 e. The number of aliphatic hydroxyl groups is 1. The molecule has 0 spiro atoms. The zero-order valence-electron chi connectivity index (χ0n) is 10.9. The van der Waals surface area contributed by atoms with Crippen molar-refractivity contribution in [1.82, 2.24) is 4.98 Å². The van der Waals surface area contributed by atoms with Gasteiger partial charge in [-0.2, -0.15) is 0 Å². The number of hydrogen-bond acceptors (Lipinski definition) is 2. The van der Waals surface area contributed by atoms with E-state index in [9.17, 15) is 9.50 Å². The molecule has 0 aliphatic rings. The number of aromatic nitrogens is 1. The number of fused-ring (bicyclic) bond motifs is 1. The van der Waals surface area contributed by atoms with Gasteiger partial charge in [0.15, 0.2) is 0 Å². The number of halogens is 1. The highest BCUT2D eigenvalue weighted by atomic mass is 32.2. The van der Waals surface area contributed by atoms with Crippen LogP contribution in [0.1, 0.15) is 18.6 Å². The largest absolute Gasteiger partial charge is 0.389 e. The van der Waals surface area contributed by atoms with Gasteiger partial charge < -0.3 is 10.1 Å². The van der Waals surface area contributed by atoms with Gasteiger partial charge in [-0.1, -0.05) is 36.0 Å². The van der Waals surface area contributed by atoms with Crippen molar-refractivity contribution in [1.29, 1.82) is 0 Å². The van der Waals surface area contributed by atoms with Crippen LogP contribution in [0.3, 0.4) is 0 Å². The number of para-hydroxylation sites is 1. The first-order valence-electron chi connectivity index (χ1n) is 6.36. The maximum atomic E-state index is 14.0. The van der Waals surface area contributed by atoms with Crippen LogP contribution in [-0.2, 0) is 0 Å². The van der Waals surface area contributed by atoms with Crippen LogP contribution in [0.5, 0.6) is 0 Å². The zero-order valence-corrected chi connectivity index (χ0v) is 11.7. The molecule has 2 nitrogen and oxygen atoms in total. The van der Waals surface area contributed by atoms with E-state index in [0.29, 0.717) is 10.5 Å². The van der Waals surface area contributed by atoms with Crippen LogP contribution in [0, 0.1) is 5.82 Å². The van der Waals surface area contributed by atoms with Crippen LogP contribution in [0.4, 0.5) is 4.39 Å². The van der Waals surface area contributed by atoms with Crippen LogP contribution in [0.25, 0.3) is 10.9 Å². The van der Waals surface area contributed by atoms with Crippen LogP contribution in [0.15, 0.2) is 58.5 Å². The predicted octanol–water partition coefficient (Wildman–Crippen LogP) is 4.51. The average Bonchev–Trinajstić information content (AvgIpc) is 2.83. The summed E-state index contributed by atoms with van der Waals surface area (Å²) in [6.45, 7) is 1.62. The molecule has 1 heterocycles. The molecule has 0 aliphatic carbocycles. The molecular weight excluding hydrogens is 273 g/mol. The summed E-state index contributed by atoms with van der Waals surface area (Å²) in [7, 11) is 0. The summed E-state index contributed by atoms with van der Waals surface area (Å²) in [4.78, 5) is 3.80. The van der Waals surface area contributed by atoms with Gasteiger partial charge in [-0.3, -0.25) is 0 Å². The van der Waals surface area contributed by atoms with E-state index in [-0.39, 0.29) is 5.82 Å². The molecule has 2 aromatic carbocycles. The van der Waals surface area contributed by atoms with E-state index in [2.05, 4.69) is 4.98 Å². The monoisotopic (exact) mass is 287 g/mol. The van der Waals surface area contributed by atoms with Crippen molar-refractivity contribution in [3.05, 3.63) is 59.9 Å². The Bertz CT molecular complexity index is 718. The van der Waals surface area contributed by atoms with Gasteiger partial charge in [0.25, 0.3) is 0 Å². The fraction of sp³-hybridized carbons (Fsp3) is 0.125. The van der Waals surface area contributed by atoms with Crippen LogP contribution in [0.2, 0.25) is 0 Å².